The lowest BCUT2D eigenvalue weighted by molar-refractivity contribution is -0.116. The number of benzene rings is 1. The Morgan fingerprint density at radius 1 is 1.23 bits per heavy atom. The van der Waals surface area contributed by atoms with E-state index in [-0.39, 0.29) is 5.91 Å². The summed E-state index contributed by atoms with van der Waals surface area (Å²) >= 11 is 4.97. The van der Waals surface area contributed by atoms with E-state index in [2.05, 4.69) is 21.2 Å². The summed E-state index contributed by atoms with van der Waals surface area (Å²) in [7, 11) is 0. The van der Waals surface area contributed by atoms with Crippen LogP contribution in [0.2, 0.25) is 0 Å². The van der Waals surface area contributed by atoms with Crippen LogP contribution in [0, 0.1) is 0 Å². The maximum absolute atomic E-state index is 11.8. The second kappa shape index (κ2) is 6.98. The molecule has 1 aliphatic heterocycles. The van der Waals surface area contributed by atoms with E-state index in [1.807, 2.05) is 30.3 Å². The van der Waals surface area contributed by atoms with Gasteiger partial charge in [0.1, 0.15) is 13.2 Å². The number of hydrogen-bond donors (Lipinski definition) is 1. The lowest BCUT2D eigenvalue weighted by Crippen LogP contribution is -2.20. The van der Waals surface area contributed by atoms with Gasteiger partial charge in [0.05, 0.1) is 3.79 Å². The molecule has 1 N–H and O–H groups in total. The Kier molecular flexibility index (Phi) is 4.80. The lowest BCUT2D eigenvalue weighted by Gasteiger charge is -2.18. The standard InChI is InChI=1S/C16H14BrNO3S/c17-15-5-2-12(22-15)3-6-16(19)18-10-11-1-4-13-14(9-11)21-8-7-20-13/h1-6,9H,7-8,10H2,(H,18,19)/b6-3+. The Balaban J connectivity index is 1.55. The van der Waals surface area contributed by atoms with Crippen LogP contribution in [-0.4, -0.2) is 19.1 Å². The fourth-order valence-corrected chi connectivity index (χ4v) is 3.35. The largest absolute Gasteiger partial charge is 0.486 e. The maximum Gasteiger partial charge on any atom is 0.244 e. The third kappa shape index (κ3) is 3.90. The molecule has 0 aliphatic carbocycles. The first-order chi connectivity index (χ1) is 10.7. The fourth-order valence-electron chi connectivity index (χ4n) is 2.02. The summed E-state index contributed by atoms with van der Waals surface area (Å²) in [6.07, 6.45) is 3.34. The molecule has 4 nitrogen and oxygen atoms in total. The van der Waals surface area contributed by atoms with E-state index in [0.29, 0.717) is 19.8 Å². The average Bonchev–Trinajstić information content (AvgIpc) is 2.96. The van der Waals surface area contributed by atoms with Gasteiger partial charge in [-0.2, -0.15) is 0 Å². The van der Waals surface area contributed by atoms with Crippen LogP contribution in [0.5, 0.6) is 11.5 Å². The maximum atomic E-state index is 11.8. The molecule has 0 unspecified atom stereocenters. The van der Waals surface area contributed by atoms with Gasteiger partial charge >= 0.3 is 0 Å². The minimum absolute atomic E-state index is 0.126. The van der Waals surface area contributed by atoms with Crippen molar-refractivity contribution >= 4 is 39.2 Å². The van der Waals surface area contributed by atoms with Crippen LogP contribution in [0.15, 0.2) is 40.2 Å². The van der Waals surface area contributed by atoms with Gasteiger partial charge in [-0.25, -0.2) is 0 Å². The quantitative estimate of drug-likeness (QED) is 0.825. The van der Waals surface area contributed by atoms with Crippen molar-refractivity contribution in [2.24, 2.45) is 0 Å². The molecule has 1 aromatic heterocycles. The molecule has 0 saturated heterocycles. The van der Waals surface area contributed by atoms with E-state index in [4.69, 9.17) is 9.47 Å². The predicted octanol–water partition coefficient (Wildman–Crippen LogP) is 3.61. The average molecular weight is 380 g/mol. The van der Waals surface area contributed by atoms with Gasteiger partial charge in [0.25, 0.3) is 0 Å². The first kappa shape index (κ1) is 15.1. The summed E-state index contributed by atoms with van der Waals surface area (Å²) < 4.78 is 12.0. The highest BCUT2D eigenvalue weighted by Crippen LogP contribution is 2.30. The van der Waals surface area contributed by atoms with Crippen LogP contribution in [0.1, 0.15) is 10.4 Å². The third-order valence-electron chi connectivity index (χ3n) is 3.07. The number of hydrogen-bond acceptors (Lipinski definition) is 4. The molecule has 22 heavy (non-hydrogen) atoms. The molecule has 3 rings (SSSR count). The summed E-state index contributed by atoms with van der Waals surface area (Å²) in [4.78, 5) is 12.9. The number of carbonyl (C=O) groups is 1. The number of carbonyl (C=O) groups excluding carboxylic acids is 1. The molecule has 2 heterocycles. The number of amides is 1. The molecule has 1 aromatic carbocycles. The van der Waals surface area contributed by atoms with Gasteiger partial charge < -0.3 is 14.8 Å². The Morgan fingerprint density at radius 3 is 2.82 bits per heavy atom. The number of halogens is 1. The molecule has 0 spiro atoms. The van der Waals surface area contributed by atoms with Gasteiger partial charge in [0.2, 0.25) is 5.91 Å². The topological polar surface area (TPSA) is 47.6 Å². The van der Waals surface area contributed by atoms with E-state index in [9.17, 15) is 4.79 Å². The Bertz CT molecular complexity index is 711. The first-order valence-electron chi connectivity index (χ1n) is 6.80. The summed E-state index contributed by atoms with van der Waals surface area (Å²) in [5.74, 6) is 1.36. The van der Waals surface area contributed by atoms with Gasteiger partial charge in [-0.1, -0.05) is 6.07 Å². The summed E-state index contributed by atoms with van der Waals surface area (Å²) in [5.41, 5.74) is 0.977. The normalized spacial score (nSPS) is 13.3. The van der Waals surface area contributed by atoms with Crippen LogP contribution < -0.4 is 14.8 Å². The Morgan fingerprint density at radius 2 is 2.05 bits per heavy atom. The van der Waals surface area contributed by atoms with E-state index in [1.165, 1.54) is 6.08 Å². The Labute approximate surface area is 140 Å². The van der Waals surface area contributed by atoms with Crippen LogP contribution in [0.25, 0.3) is 6.08 Å². The van der Waals surface area contributed by atoms with E-state index in [0.717, 1.165) is 25.7 Å². The molecule has 0 atom stereocenters. The van der Waals surface area contributed by atoms with Gasteiger partial charge in [-0.15, -0.1) is 11.3 Å². The molecular formula is C16H14BrNO3S. The fraction of sp³-hybridized carbons (Fsp3) is 0.188. The molecule has 0 saturated carbocycles. The smallest absolute Gasteiger partial charge is 0.244 e. The predicted molar refractivity (Wildman–Crippen MR) is 90.3 cm³/mol. The molecule has 6 heteroatoms. The van der Waals surface area contributed by atoms with Crippen molar-refractivity contribution in [1.82, 2.24) is 5.32 Å². The highest BCUT2D eigenvalue weighted by atomic mass is 79.9. The van der Waals surface area contributed by atoms with E-state index < -0.39 is 0 Å². The lowest BCUT2D eigenvalue weighted by atomic mass is 10.2. The Hall–Kier alpha value is -1.79. The number of thiophene rings is 1. The second-order valence-electron chi connectivity index (χ2n) is 4.67. The number of rotatable bonds is 4. The van der Waals surface area contributed by atoms with E-state index >= 15 is 0 Å². The molecular weight excluding hydrogens is 366 g/mol. The van der Waals surface area contributed by atoms with Gasteiger partial charge in [-0.05, 0) is 51.8 Å². The van der Waals surface area contributed by atoms with Gasteiger partial charge in [0, 0.05) is 17.5 Å². The molecule has 2 aromatic rings. The number of fused-ring (bicyclic) bond motifs is 1. The highest BCUT2D eigenvalue weighted by molar-refractivity contribution is 9.11. The number of ether oxygens (including phenoxy) is 2. The van der Waals surface area contributed by atoms with Crippen molar-refractivity contribution in [3.8, 4) is 11.5 Å². The molecule has 1 amide bonds. The van der Waals surface area contributed by atoms with E-state index in [1.54, 1.807) is 17.4 Å². The third-order valence-corrected chi connectivity index (χ3v) is 4.66. The summed E-state index contributed by atoms with van der Waals surface area (Å²) in [6.45, 7) is 1.59. The van der Waals surface area contributed by atoms with Crippen molar-refractivity contribution < 1.29 is 14.3 Å². The van der Waals surface area contributed by atoms with Gasteiger partial charge in [0.15, 0.2) is 11.5 Å². The van der Waals surface area contributed by atoms with Crippen LogP contribution in [0.3, 0.4) is 0 Å². The second-order valence-corrected chi connectivity index (χ2v) is 7.17. The monoisotopic (exact) mass is 379 g/mol. The first-order valence-corrected chi connectivity index (χ1v) is 8.41. The zero-order chi connectivity index (χ0) is 15.4. The van der Waals surface area contributed by atoms with Crippen LogP contribution in [0.4, 0.5) is 0 Å². The molecule has 1 aliphatic rings. The molecule has 0 radical (unpaired) electrons. The van der Waals surface area contributed by atoms with Crippen molar-refractivity contribution in [2.45, 2.75) is 6.54 Å². The molecule has 0 fully saturated rings. The van der Waals surface area contributed by atoms with Crippen molar-refractivity contribution in [1.29, 1.82) is 0 Å². The zero-order valence-electron chi connectivity index (χ0n) is 11.7. The van der Waals surface area contributed by atoms with Crippen LogP contribution in [-0.2, 0) is 11.3 Å². The summed E-state index contributed by atoms with van der Waals surface area (Å²) in [5, 5.41) is 2.85. The van der Waals surface area contributed by atoms with Crippen molar-refractivity contribution in [3.05, 3.63) is 50.6 Å². The molecule has 114 valence electrons. The van der Waals surface area contributed by atoms with Crippen LogP contribution >= 0.6 is 27.3 Å². The highest BCUT2D eigenvalue weighted by Gasteiger charge is 2.11. The van der Waals surface area contributed by atoms with Crippen molar-refractivity contribution in [2.75, 3.05) is 13.2 Å². The SMILES string of the molecule is O=C(/C=C/c1ccc(Br)s1)NCc1ccc2c(c1)OCCO2. The minimum Gasteiger partial charge on any atom is -0.486 e. The van der Waals surface area contributed by atoms with Crippen molar-refractivity contribution in [3.63, 3.8) is 0 Å². The zero-order valence-corrected chi connectivity index (χ0v) is 14.1. The van der Waals surface area contributed by atoms with Gasteiger partial charge in [-0.3, -0.25) is 4.79 Å². The summed E-state index contributed by atoms with van der Waals surface area (Å²) in [6, 6.07) is 9.61. The molecule has 0 bridgehead atoms. The number of nitrogens with one attached hydrogen (secondary N) is 1. The minimum atomic E-state index is -0.126.